The minimum Gasteiger partial charge on any atom is -0.477 e. The number of amides is 1. The number of unbranched alkanes of at least 4 members (excludes halogenated alkanes) is 2. The number of allylic oxidation sites excluding steroid dienone is 1. The quantitative estimate of drug-likeness (QED) is 0.401. The molecule has 4 nitrogen and oxygen atoms in total. The second kappa shape index (κ2) is 8.38. The number of hydrogen-bond donors (Lipinski definition) is 2. The first-order chi connectivity index (χ1) is 11.4. The molecule has 0 radical (unpaired) electrons. The second-order valence-corrected chi connectivity index (χ2v) is 7.98. The molecule has 1 amide bonds. The van der Waals surface area contributed by atoms with Gasteiger partial charge in [-0.05, 0) is 49.0 Å². The summed E-state index contributed by atoms with van der Waals surface area (Å²) in [4.78, 5) is 24.5. The molecule has 1 fully saturated rings. The summed E-state index contributed by atoms with van der Waals surface area (Å²) in [7, 11) is 0. The summed E-state index contributed by atoms with van der Waals surface area (Å²) in [5, 5.41) is 11.8. The van der Waals surface area contributed by atoms with Gasteiger partial charge in [-0.3, -0.25) is 4.79 Å². The maximum absolute atomic E-state index is 12.0. The predicted molar refractivity (Wildman–Crippen MR) is 96.8 cm³/mol. The summed E-state index contributed by atoms with van der Waals surface area (Å²) in [6.07, 6.45) is 5.02. The average molecular weight is 347 g/mol. The first kappa shape index (κ1) is 18.6. The Hall–Kier alpha value is -1.75. The molecule has 1 saturated carbocycles. The highest BCUT2D eigenvalue weighted by Gasteiger charge is 2.50. The van der Waals surface area contributed by atoms with E-state index in [0.717, 1.165) is 25.0 Å². The molecule has 130 valence electrons. The van der Waals surface area contributed by atoms with E-state index in [1.54, 1.807) is 17.8 Å². The molecule has 5 heteroatoms. The first-order valence-electron chi connectivity index (χ1n) is 8.32. The molecule has 0 bridgehead atoms. The summed E-state index contributed by atoms with van der Waals surface area (Å²) in [6, 6.07) is 10.2. The van der Waals surface area contributed by atoms with E-state index in [2.05, 4.69) is 17.4 Å². The molecule has 0 heterocycles. The van der Waals surface area contributed by atoms with Gasteiger partial charge in [0.05, 0.1) is 0 Å². The maximum atomic E-state index is 12.0. The minimum atomic E-state index is -1.07. The highest BCUT2D eigenvalue weighted by molar-refractivity contribution is 7.99. The Bertz CT molecular complexity index is 610. The lowest BCUT2D eigenvalue weighted by Crippen LogP contribution is -2.29. The smallest absolute Gasteiger partial charge is 0.352 e. The second-order valence-electron chi connectivity index (χ2n) is 6.81. The van der Waals surface area contributed by atoms with E-state index in [4.69, 9.17) is 0 Å². The number of nitrogens with one attached hydrogen (secondary N) is 1. The van der Waals surface area contributed by atoms with Crippen LogP contribution >= 0.6 is 11.8 Å². The van der Waals surface area contributed by atoms with Crippen molar-refractivity contribution in [2.75, 3.05) is 5.75 Å². The third-order valence-electron chi connectivity index (χ3n) is 4.28. The summed E-state index contributed by atoms with van der Waals surface area (Å²) < 4.78 is 0. The van der Waals surface area contributed by atoms with Gasteiger partial charge in [-0.1, -0.05) is 38.1 Å². The van der Waals surface area contributed by atoms with Crippen LogP contribution < -0.4 is 5.32 Å². The normalized spacial score (nSPS) is 18.9. The number of carbonyl (C=O) groups is 2. The van der Waals surface area contributed by atoms with Gasteiger partial charge in [0, 0.05) is 10.8 Å². The van der Waals surface area contributed by atoms with Gasteiger partial charge in [-0.2, -0.15) is 0 Å². The molecule has 0 aliphatic heterocycles. The largest absolute Gasteiger partial charge is 0.477 e. The Morgan fingerprint density at radius 2 is 1.96 bits per heavy atom. The van der Waals surface area contributed by atoms with Crippen LogP contribution in [0.25, 0.3) is 0 Å². The maximum Gasteiger partial charge on any atom is 0.352 e. The number of thioether (sulfide) groups is 1. The van der Waals surface area contributed by atoms with Gasteiger partial charge in [0.15, 0.2) is 0 Å². The van der Waals surface area contributed by atoms with Gasteiger partial charge in [-0.25, -0.2) is 4.79 Å². The predicted octanol–water partition coefficient (Wildman–Crippen LogP) is 4.08. The van der Waals surface area contributed by atoms with Gasteiger partial charge < -0.3 is 10.4 Å². The van der Waals surface area contributed by atoms with Crippen molar-refractivity contribution in [1.29, 1.82) is 0 Å². The third kappa shape index (κ3) is 5.71. The van der Waals surface area contributed by atoms with Crippen molar-refractivity contribution in [2.24, 2.45) is 11.3 Å². The van der Waals surface area contributed by atoms with Crippen molar-refractivity contribution in [3.63, 3.8) is 0 Å². The molecule has 1 aromatic rings. The van der Waals surface area contributed by atoms with Crippen molar-refractivity contribution in [1.82, 2.24) is 5.32 Å². The molecule has 2 rings (SSSR count). The van der Waals surface area contributed by atoms with Crippen LogP contribution in [0, 0.1) is 11.3 Å². The molecule has 1 aliphatic carbocycles. The highest BCUT2D eigenvalue weighted by Crippen LogP contribution is 2.51. The third-order valence-corrected chi connectivity index (χ3v) is 5.38. The molecule has 24 heavy (non-hydrogen) atoms. The van der Waals surface area contributed by atoms with Gasteiger partial charge in [0.1, 0.15) is 5.70 Å². The number of aliphatic carboxylic acids is 1. The van der Waals surface area contributed by atoms with Gasteiger partial charge in [0.2, 0.25) is 5.91 Å². The number of benzene rings is 1. The van der Waals surface area contributed by atoms with Crippen molar-refractivity contribution in [2.45, 2.75) is 44.4 Å². The van der Waals surface area contributed by atoms with E-state index in [1.807, 2.05) is 32.0 Å². The van der Waals surface area contributed by atoms with Crippen molar-refractivity contribution in [3.8, 4) is 0 Å². The molecule has 2 N–H and O–H groups in total. The van der Waals surface area contributed by atoms with E-state index in [0.29, 0.717) is 6.42 Å². The number of carbonyl (C=O) groups excluding carboxylic acids is 1. The Morgan fingerprint density at radius 3 is 2.54 bits per heavy atom. The molecule has 1 aliphatic rings. The number of rotatable bonds is 9. The van der Waals surface area contributed by atoms with Crippen LogP contribution in [0.3, 0.4) is 0 Å². The molecule has 0 spiro atoms. The average Bonchev–Trinajstić information content (AvgIpc) is 3.19. The van der Waals surface area contributed by atoms with Crippen LogP contribution in [0.15, 0.2) is 47.0 Å². The molecule has 1 unspecified atom stereocenters. The van der Waals surface area contributed by atoms with Gasteiger partial charge in [0.25, 0.3) is 0 Å². The summed E-state index contributed by atoms with van der Waals surface area (Å²) in [6.45, 7) is 4.04. The Balaban J connectivity index is 1.69. The fraction of sp³-hybridized carbons (Fsp3) is 0.474. The zero-order valence-electron chi connectivity index (χ0n) is 14.2. The Morgan fingerprint density at radius 1 is 1.29 bits per heavy atom. The zero-order chi connectivity index (χ0) is 17.6. The first-order valence-corrected chi connectivity index (χ1v) is 9.31. The van der Waals surface area contributed by atoms with Crippen LogP contribution in [0.5, 0.6) is 0 Å². The SMILES string of the molecule is CC1(C)CC1C(=O)NC(=CCCCCSc1ccccc1)C(=O)O. The molecular weight excluding hydrogens is 322 g/mol. The number of carboxylic acids is 1. The lowest BCUT2D eigenvalue weighted by Gasteiger charge is -2.07. The van der Waals surface area contributed by atoms with E-state index >= 15 is 0 Å². The van der Waals surface area contributed by atoms with Crippen molar-refractivity contribution in [3.05, 3.63) is 42.1 Å². The monoisotopic (exact) mass is 347 g/mol. The van der Waals surface area contributed by atoms with Crippen molar-refractivity contribution >= 4 is 23.6 Å². The molecule has 0 saturated heterocycles. The van der Waals surface area contributed by atoms with Gasteiger partial charge >= 0.3 is 5.97 Å². The van der Waals surface area contributed by atoms with E-state index < -0.39 is 5.97 Å². The van der Waals surface area contributed by atoms with E-state index in [1.165, 1.54) is 4.90 Å². The summed E-state index contributed by atoms with van der Waals surface area (Å²) >= 11 is 1.80. The minimum absolute atomic E-state index is 0.00234. The van der Waals surface area contributed by atoms with Crippen LogP contribution in [0.1, 0.15) is 39.5 Å². The van der Waals surface area contributed by atoms with Crippen molar-refractivity contribution < 1.29 is 14.7 Å². The standard InChI is InChI=1S/C19H25NO3S/c1-19(2)13-15(19)17(21)20-16(18(22)23)11-7-4-8-12-24-14-9-5-3-6-10-14/h3,5-6,9-11,15H,4,7-8,12-13H2,1-2H3,(H,20,21)(H,22,23). The lowest BCUT2D eigenvalue weighted by atomic mass is 10.1. The van der Waals surface area contributed by atoms with Crippen LogP contribution in [0.4, 0.5) is 0 Å². The zero-order valence-corrected chi connectivity index (χ0v) is 15.1. The molecule has 1 atom stereocenters. The topological polar surface area (TPSA) is 66.4 Å². The van der Waals surface area contributed by atoms with Crippen LogP contribution in [0.2, 0.25) is 0 Å². The fourth-order valence-corrected chi connectivity index (χ4v) is 3.46. The fourth-order valence-electron chi connectivity index (χ4n) is 2.53. The Labute approximate surface area is 147 Å². The lowest BCUT2D eigenvalue weighted by molar-refractivity contribution is -0.135. The summed E-state index contributed by atoms with van der Waals surface area (Å²) in [5.74, 6) is -0.306. The van der Waals surface area contributed by atoms with E-state index in [9.17, 15) is 14.7 Å². The highest BCUT2D eigenvalue weighted by atomic mass is 32.2. The number of carboxylic acid groups (broad SMARTS) is 1. The molecule has 1 aromatic carbocycles. The van der Waals surface area contributed by atoms with Gasteiger partial charge in [-0.15, -0.1) is 11.8 Å². The molecular formula is C19H25NO3S. The molecule has 0 aromatic heterocycles. The van der Waals surface area contributed by atoms with Crippen LogP contribution in [-0.4, -0.2) is 22.7 Å². The summed E-state index contributed by atoms with van der Waals surface area (Å²) in [5.41, 5.74) is 0.0148. The number of hydrogen-bond acceptors (Lipinski definition) is 3. The van der Waals surface area contributed by atoms with E-state index in [-0.39, 0.29) is 22.9 Å². The van der Waals surface area contributed by atoms with Crippen LogP contribution in [-0.2, 0) is 9.59 Å². The Kier molecular flexibility index (Phi) is 6.49.